The number of amides is 1. The number of carbonyl (C=O) groups is 1. The van der Waals surface area contributed by atoms with E-state index in [0.29, 0.717) is 16.9 Å². The second kappa shape index (κ2) is 8.80. The zero-order valence-corrected chi connectivity index (χ0v) is 17.6. The van der Waals surface area contributed by atoms with Crippen LogP contribution in [0.2, 0.25) is 0 Å². The largest absolute Gasteiger partial charge is 0.416 e. The van der Waals surface area contributed by atoms with Crippen LogP contribution in [-0.2, 0) is 11.0 Å². The van der Waals surface area contributed by atoms with E-state index < -0.39 is 11.7 Å². The van der Waals surface area contributed by atoms with Crippen molar-refractivity contribution in [2.75, 3.05) is 43.4 Å². The third kappa shape index (κ3) is 4.64. The molecule has 0 radical (unpaired) electrons. The van der Waals surface area contributed by atoms with Crippen LogP contribution in [0.15, 0.2) is 53.8 Å². The molecule has 1 aromatic carbocycles. The lowest BCUT2D eigenvalue weighted by molar-refractivity contribution is -0.137. The molecule has 2 aromatic rings. The van der Waals surface area contributed by atoms with Gasteiger partial charge in [0.25, 0.3) is 5.91 Å². The molecular weight excluding hydrogens is 427 g/mol. The van der Waals surface area contributed by atoms with Gasteiger partial charge in [-0.15, -0.1) is 11.8 Å². The lowest BCUT2D eigenvalue weighted by Crippen LogP contribution is -2.43. The van der Waals surface area contributed by atoms with Gasteiger partial charge in [-0.25, -0.2) is 0 Å². The normalized spacial score (nSPS) is 19.4. The van der Waals surface area contributed by atoms with Crippen LogP contribution < -0.4 is 15.5 Å². The molecule has 2 N–H and O–H groups in total. The van der Waals surface area contributed by atoms with Gasteiger partial charge in [0.05, 0.1) is 23.1 Å². The maximum Gasteiger partial charge on any atom is 0.416 e. The zero-order chi connectivity index (χ0) is 22.0. The molecule has 6 nitrogen and oxygen atoms in total. The fourth-order valence-corrected chi connectivity index (χ4v) is 4.78. The highest BCUT2D eigenvalue weighted by Crippen LogP contribution is 2.42. The minimum Gasteiger partial charge on any atom is -0.367 e. The van der Waals surface area contributed by atoms with Crippen LogP contribution in [0.1, 0.15) is 16.5 Å². The van der Waals surface area contributed by atoms with Crippen molar-refractivity contribution in [1.29, 1.82) is 0 Å². The Morgan fingerprint density at radius 3 is 2.58 bits per heavy atom. The van der Waals surface area contributed by atoms with Crippen molar-refractivity contribution in [2.24, 2.45) is 0 Å². The van der Waals surface area contributed by atoms with Gasteiger partial charge in [-0.2, -0.15) is 13.2 Å². The second-order valence-corrected chi connectivity index (χ2v) is 8.26. The summed E-state index contributed by atoms with van der Waals surface area (Å²) < 4.78 is 38.5. The number of alkyl halides is 3. The van der Waals surface area contributed by atoms with Crippen LogP contribution in [0.3, 0.4) is 0 Å². The van der Waals surface area contributed by atoms with Crippen LogP contribution in [-0.4, -0.2) is 49.0 Å². The standard InChI is InChI=1S/C21H22F3N5OS/c1-28-18(13-31-20(28)14-2-4-15(5-3-14)21(22,23)24)19(30)27-16-12-26-7-6-17(16)29-10-8-25-9-11-29/h2-7,12-13,20,25H,8-11H2,1H3,(H,27,30). The van der Waals surface area contributed by atoms with Gasteiger partial charge in [0.1, 0.15) is 11.1 Å². The third-order valence-electron chi connectivity index (χ3n) is 5.30. The van der Waals surface area contributed by atoms with Gasteiger partial charge in [-0.05, 0) is 23.8 Å². The summed E-state index contributed by atoms with van der Waals surface area (Å²) in [6.07, 6.45) is -1.04. The number of nitrogens with zero attached hydrogens (tertiary/aromatic N) is 3. The molecule has 0 aliphatic carbocycles. The Bertz CT molecular complexity index is 974. The third-order valence-corrected chi connectivity index (χ3v) is 6.51. The number of pyridine rings is 1. The van der Waals surface area contributed by atoms with E-state index >= 15 is 0 Å². The molecule has 1 amide bonds. The van der Waals surface area contributed by atoms with Gasteiger partial charge in [-0.3, -0.25) is 9.78 Å². The first-order chi connectivity index (χ1) is 14.8. The maximum absolute atomic E-state index is 13.0. The average Bonchev–Trinajstić information content (AvgIpc) is 3.15. The number of halogens is 3. The number of likely N-dealkylation sites (N-methyl/N-ethyl adjacent to an activating group) is 1. The molecule has 2 aliphatic heterocycles. The molecule has 3 heterocycles. The molecular formula is C21H22F3N5OS. The first-order valence-corrected chi connectivity index (χ1v) is 10.8. The molecule has 1 aromatic heterocycles. The first kappa shape index (κ1) is 21.5. The molecule has 1 saturated heterocycles. The fourth-order valence-electron chi connectivity index (χ4n) is 3.63. The second-order valence-electron chi connectivity index (χ2n) is 7.31. The highest BCUT2D eigenvalue weighted by molar-refractivity contribution is 8.02. The van der Waals surface area contributed by atoms with Crippen LogP contribution in [0.5, 0.6) is 0 Å². The van der Waals surface area contributed by atoms with Gasteiger partial charge in [0.15, 0.2) is 0 Å². The molecule has 1 unspecified atom stereocenters. The Labute approximate surface area is 182 Å². The molecule has 0 saturated carbocycles. The number of nitrogens with one attached hydrogen (secondary N) is 2. The smallest absolute Gasteiger partial charge is 0.367 e. The quantitative estimate of drug-likeness (QED) is 0.743. The molecule has 10 heteroatoms. The Morgan fingerprint density at radius 2 is 1.90 bits per heavy atom. The van der Waals surface area contributed by atoms with Crippen molar-refractivity contribution in [2.45, 2.75) is 11.6 Å². The van der Waals surface area contributed by atoms with E-state index in [4.69, 9.17) is 0 Å². The van der Waals surface area contributed by atoms with E-state index in [9.17, 15) is 18.0 Å². The van der Waals surface area contributed by atoms with Crippen LogP contribution in [0, 0.1) is 0 Å². The Hall–Kier alpha value is -2.72. The topological polar surface area (TPSA) is 60.5 Å². The number of aromatic nitrogens is 1. The number of piperazine rings is 1. The Morgan fingerprint density at radius 1 is 1.19 bits per heavy atom. The number of hydrogen-bond acceptors (Lipinski definition) is 6. The van der Waals surface area contributed by atoms with Crippen LogP contribution >= 0.6 is 11.8 Å². The predicted octanol–water partition coefficient (Wildman–Crippen LogP) is 3.67. The molecule has 31 heavy (non-hydrogen) atoms. The number of benzene rings is 1. The summed E-state index contributed by atoms with van der Waals surface area (Å²) in [6, 6.07) is 6.92. The molecule has 4 rings (SSSR count). The summed E-state index contributed by atoms with van der Waals surface area (Å²) in [5.41, 5.74) is 2.00. The van der Waals surface area contributed by atoms with E-state index in [1.165, 1.54) is 23.9 Å². The predicted molar refractivity (Wildman–Crippen MR) is 116 cm³/mol. The number of anilines is 2. The van der Waals surface area contributed by atoms with Crippen molar-refractivity contribution < 1.29 is 18.0 Å². The number of hydrogen-bond donors (Lipinski definition) is 2. The molecule has 0 bridgehead atoms. The van der Waals surface area contributed by atoms with E-state index in [2.05, 4.69) is 20.5 Å². The highest BCUT2D eigenvalue weighted by Gasteiger charge is 2.33. The van der Waals surface area contributed by atoms with Gasteiger partial charge >= 0.3 is 6.18 Å². The van der Waals surface area contributed by atoms with Gasteiger partial charge in [0, 0.05) is 44.8 Å². The molecule has 164 valence electrons. The van der Waals surface area contributed by atoms with E-state index in [1.54, 1.807) is 29.7 Å². The molecule has 2 aliphatic rings. The first-order valence-electron chi connectivity index (χ1n) is 9.81. The monoisotopic (exact) mass is 449 g/mol. The lowest BCUT2D eigenvalue weighted by atomic mass is 10.1. The van der Waals surface area contributed by atoms with Crippen molar-refractivity contribution in [3.05, 3.63) is 65.0 Å². The number of thioether (sulfide) groups is 1. The molecule has 0 spiro atoms. The van der Waals surface area contributed by atoms with Gasteiger partial charge in [0.2, 0.25) is 0 Å². The Kier molecular flexibility index (Phi) is 6.10. The number of carbonyl (C=O) groups excluding carboxylic acids is 1. The molecule has 1 fully saturated rings. The zero-order valence-electron chi connectivity index (χ0n) is 16.8. The average molecular weight is 450 g/mol. The Balaban J connectivity index is 1.46. The maximum atomic E-state index is 13.0. The van der Waals surface area contributed by atoms with E-state index in [0.717, 1.165) is 44.0 Å². The van der Waals surface area contributed by atoms with Gasteiger partial charge in [-0.1, -0.05) is 12.1 Å². The minimum absolute atomic E-state index is 0.274. The summed E-state index contributed by atoms with van der Waals surface area (Å²) in [5.74, 6) is -0.284. The van der Waals surface area contributed by atoms with Gasteiger partial charge < -0.3 is 20.4 Å². The summed E-state index contributed by atoms with van der Waals surface area (Å²) >= 11 is 1.38. The fraction of sp³-hybridized carbons (Fsp3) is 0.333. The lowest BCUT2D eigenvalue weighted by Gasteiger charge is -2.31. The molecule has 1 atom stereocenters. The summed E-state index contributed by atoms with van der Waals surface area (Å²) in [6.45, 7) is 3.41. The van der Waals surface area contributed by atoms with E-state index in [-0.39, 0.29) is 11.3 Å². The minimum atomic E-state index is -4.37. The SMILES string of the molecule is CN1C(C(=O)Nc2cnccc2N2CCNCC2)=CSC1c1ccc(C(F)(F)F)cc1. The van der Waals surface area contributed by atoms with Crippen molar-refractivity contribution in [3.63, 3.8) is 0 Å². The van der Waals surface area contributed by atoms with Crippen molar-refractivity contribution in [3.8, 4) is 0 Å². The van der Waals surface area contributed by atoms with Crippen molar-refractivity contribution in [1.82, 2.24) is 15.2 Å². The van der Waals surface area contributed by atoms with Crippen LogP contribution in [0.25, 0.3) is 0 Å². The summed E-state index contributed by atoms with van der Waals surface area (Å²) in [4.78, 5) is 21.1. The van der Waals surface area contributed by atoms with Crippen LogP contribution in [0.4, 0.5) is 24.5 Å². The van der Waals surface area contributed by atoms with E-state index in [1.807, 2.05) is 6.07 Å². The van der Waals surface area contributed by atoms with Crippen molar-refractivity contribution >= 4 is 29.0 Å². The summed E-state index contributed by atoms with van der Waals surface area (Å²) in [7, 11) is 1.76. The number of rotatable bonds is 4. The highest BCUT2D eigenvalue weighted by atomic mass is 32.2. The summed E-state index contributed by atoms with van der Waals surface area (Å²) in [5, 5.41) is 7.71.